The molecule has 31 heavy (non-hydrogen) atoms. The molecule has 0 aromatic rings. The van der Waals surface area contributed by atoms with Gasteiger partial charge in [0.25, 0.3) is 0 Å². The molecule has 0 radical (unpaired) electrons. The molecule has 3 atom stereocenters. The van der Waals surface area contributed by atoms with Crippen LogP contribution in [0.15, 0.2) is 0 Å². The minimum atomic E-state index is -1.21. The number of rotatable bonds is 16. The van der Waals surface area contributed by atoms with Crippen molar-refractivity contribution in [1.82, 2.24) is 16.0 Å². The third kappa shape index (κ3) is 12.5. The number of amides is 3. The topological polar surface area (TPSA) is 214 Å². The second kappa shape index (κ2) is 15.1. The summed E-state index contributed by atoms with van der Waals surface area (Å²) >= 11 is 0. The smallest absolute Gasteiger partial charge is 0.326 e. The zero-order valence-corrected chi connectivity index (χ0v) is 18.1. The van der Waals surface area contributed by atoms with Crippen molar-refractivity contribution in [1.29, 1.82) is 0 Å². The standard InChI is InChI=1S/C19H35N5O7/c1-11(2)9-14(19(30)31)24-17(28)12(5-3-4-8-20)23-18(29)13(6-7-16(26)27)22-15(25)10-21/h11-14H,3-10,20-21H2,1-2H3,(H,22,25)(H,23,29)(H,24,28)(H,26,27)(H,30,31). The van der Waals surface area contributed by atoms with E-state index in [0.717, 1.165) is 0 Å². The van der Waals surface area contributed by atoms with Crippen LogP contribution in [0, 0.1) is 5.92 Å². The first-order valence-electron chi connectivity index (χ1n) is 10.3. The van der Waals surface area contributed by atoms with E-state index in [1.807, 2.05) is 13.8 Å². The molecule has 0 aliphatic heterocycles. The number of carbonyl (C=O) groups excluding carboxylic acids is 3. The Balaban J connectivity index is 5.39. The molecule has 0 spiro atoms. The summed E-state index contributed by atoms with van der Waals surface area (Å²) in [6, 6.07) is -3.40. The summed E-state index contributed by atoms with van der Waals surface area (Å²) in [5.41, 5.74) is 10.7. The highest BCUT2D eigenvalue weighted by Crippen LogP contribution is 2.08. The molecule has 0 aromatic carbocycles. The number of nitrogens with two attached hydrogens (primary N) is 2. The van der Waals surface area contributed by atoms with Gasteiger partial charge in [-0.3, -0.25) is 19.2 Å². The van der Waals surface area contributed by atoms with Crippen LogP contribution in [-0.4, -0.2) is 71.1 Å². The predicted molar refractivity (Wildman–Crippen MR) is 112 cm³/mol. The van der Waals surface area contributed by atoms with Gasteiger partial charge in [-0.25, -0.2) is 4.79 Å². The van der Waals surface area contributed by atoms with Crippen LogP contribution in [-0.2, 0) is 24.0 Å². The molecule has 12 nitrogen and oxygen atoms in total. The lowest BCUT2D eigenvalue weighted by Gasteiger charge is -2.25. The van der Waals surface area contributed by atoms with Crippen LogP contribution >= 0.6 is 0 Å². The molecule has 0 saturated heterocycles. The molecule has 0 rings (SSSR count). The first-order valence-corrected chi connectivity index (χ1v) is 10.3. The quantitative estimate of drug-likeness (QED) is 0.138. The second-order valence-corrected chi connectivity index (χ2v) is 7.63. The van der Waals surface area contributed by atoms with Gasteiger partial charge < -0.3 is 37.6 Å². The van der Waals surface area contributed by atoms with Crippen LogP contribution in [0.25, 0.3) is 0 Å². The maximum atomic E-state index is 12.7. The van der Waals surface area contributed by atoms with E-state index in [1.54, 1.807) is 0 Å². The van der Waals surface area contributed by atoms with Crippen LogP contribution < -0.4 is 27.4 Å². The monoisotopic (exact) mass is 445 g/mol. The summed E-state index contributed by atoms with van der Waals surface area (Å²) in [7, 11) is 0. The summed E-state index contributed by atoms with van der Waals surface area (Å²) in [6.45, 7) is 3.61. The highest BCUT2D eigenvalue weighted by atomic mass is 16.4. The molecule has 9 N–H and O–H groups in total. The molecule has 0 aromatic heterocycles. The first-order chi connectivity index (χ1) is 14.5. The lowest BCUT2D eigenvalue weighted by molar-refractivity contribution is -0.142. The molecule has 0 saturated carbocycles. The lowest BCUT2D eigenvalue weighted by Crippen LogP contribution is -2.56. The fourth-order valence-electron chi connectivity index (χ4n) is 2.79. The summed E-state index contributed by atoms with van der Waals surface area (Å²) in [5.74, 6) is -4.43. The van der Waals surface area contributed by atoms with Crippen molar-refractivity contribution < 1.29 is 34.2 Å². The zero-order chi connectivity index (χ0) is 24.0. The minimum absolute atomic E-state index is 0.0126. The highest BCUT2D eigenvalue weighted by Gasteiger charge is 2.29. The normalized spacial score (nSPS) is 13.7. The Kier molecular flexibility index (Phi) is 13.8. The largest absolute Gasteiger partial charge is 0.481 e. The van der Waals surface area contributed by atoms with Crippen molar-refractivity contribution in [2.75, 3.05) is 13.1 Å². The van der Waals surface area contributed by atoms with E-state index in [-0.39, 0.29) is 31.6 Å². The van der Waals surface area contributed by atoms with E-state index >= 15 is 0 Å². The molecule has 0 aliphatic rings. The van der Waals surface area contributed by atoms with Crippen LogP contribution in [0.4, 0.5) is 0 Å². The third-order valence-corrected chi connectivity index (χ3v) is 4.39. The number of carboxylic acid groups (broad SMARTS) is 2. The maximum absolute atomic E-state index is 12.7. The van der Waals surface area contributed by atoms with Gasteiger partial charge in [-0.1, -0.05) is 13.8 Å². The van der Waals surface area contributed by atoms with Crippen molar-refractivity contribution >= 4 is 29.7 Å². The first kappa shape index (κ1) is 28.3. The van der Waals surface area contributed by atoms with Crippen molar-refractivity contribution in [3.63, 3.8) is 0 Å². The Labute approximate surface area is 181 Å². The number of hydrogen-bond acceptors (Lipinski definition) is 7. The van der Waals surface area contributed by atoms with Crippen molar-refractivity contribution in [2.24, 2.45) is 17.4 Å². The van der Waals surface area contributed by atoms with Crippen molar-refractivity contribution in [3.8, 4) is 0 Å². The van der Waals surface area contributed by atoms with E-state index < -0.39 is 54.3 Å². The Bertz CT molecular complexity index is 627. The fourth-order valence-corrected chi connectivity index (χ4v) is 2.79. The number of aliphatic carboxylic acids is 2. The van der Waals surface area contributed by atoms with Crippen molar-refractivity contribution in [3.05, 3.63) is 0 Å². The van der Waals surface area contributed by atoms with Crippen LogP contribution in [0.5, 0.6) is 0 Å². The van der Waals surface area contributed by atoms with Crippen LogP contribution in [0.2, 0.25) is 0 Å². The van der Waals surface area contributed by atoms with Gasteiger partial charge in [0.05, 0.1) is 6.54 Å². The molecule has 0 heterocycles. The van der Waals surface area contributed by atoms with Gasteiger partial charge >= 0.3 is 11.9 Å². The predicted octanol–water partition coefficient (Wildman–Crippen LogP) is -1.48. The Morgan fingerprint density at radius 1 is 0.806 bits per heavy atom. The van der Waals surface area contributed by atoms with Gasteiger partial charge in [-0.05, 0) is 44.6 Å². The average molecular weight is 446 g/mol. The highest BCUT2D eigenvalue weighted by molar-refractivity contribution is 5.93. The molecular formula is C19H35N5O7. The fraction of sp³-hybridized carbons (Fsp3) is 0.737. The summed E-state index contributed by atoms with van der Waals surface area (Å²) < 4.78 is 0. The average Bonchev–Trinajstić information content (AvgIpc) is 2.68. The van der Waals surface area contributed by atoms with Gasteiger partial charge in [0.15, 0.2) is 0 Å². The lowest BCUT2D eigenvalue weighted by atomic mass is 10.0. The van der Waals surface area contributed by atoms with Gasteiger partial charge in [-0.2, -0.15) is 0 Å². The van der Waals surface area contributed by atoms with E-state index in [9.17, 15) is 29.1 Å². The minimum Gasteiger partial charge on any atom is -0.481 e. The van der Waals surface area contributed by atoms with E-state index in [4.69, 9.17) is 16.6 Å². The molecule has 0 aliphatic carbocycles. The molecule has 0 bridgehead atoms. The number of carboxylic acids is 2. The number of unbranched alkanes of at least 4 members (excludes halogenated alkanes) is 1. The summed E-state index contributed by atoms with van der Waals surface area (Å²) in [5, 5.41) is 25.5. The second-order valence-electron chi connectivity index (χ2n) is 7.63. The number of nitrogens with one attached hydrogen (secondary N) is 3. The van der Waals surface area contributed by atoms with E-state index in [2.05, 4.69) is 16.0 Å². The van der Waals surface area contributed by atoms with Gasteiger partial charge in [0, 0.05) is 6.42 Å². The van der Waals surface area contributed by atoms with Gasteiger partial charge in [0.2, 0.25) is 17.7 Å². The van der Waals surface area contributed by atoms with E-state index in [0.29, 0.717) is 19.4 Å². The number of carbonyl (C=O) groups is 5. The molecule has 12 heteroatoms. The summed E-state index contributed by atoms with van der Waals surface area (Å²) in [6.07, 6.45) is 0.890. The van der Waals surface area contributed by atoms with E-state index in [1.165, 1.54) is 0 Å². The van der Waals surface area contributed by atoms with Gasteiger partial charge in [0.1, 0.15) is 18.1 Å². The zero-order valence-electron chi connectivity index (χ0n) is 18.1. The molecule has 178 valence electrons. The Morgan fingerprint density at radius 2 is 1.35 bits per heavy atom. The van der Waals surface area contributed by atoms with Crippen LogP contribution in [0.1, 0.15) is 52.4 Å². The Morgan fingerprint density at radius 3 is 1.81 bits per heavy atom. The number of hydrogen-bond donors (Lipinski definition) is 7. The molecule has 0 fully saturated rings. The van der Waals surface area contributed by atoms with Crippen molar-refractivity contribution in [2.45, 2.75) is 70.5 Å². The molecular weight excluding hydrogens is 410 g/mol. The Hall–Kier alpha value is -2.73. The SMILES string of the molecule is CC(C)CC(NC(=O)C(CCCCN)NC(=O)C(CCC(=O)O)NC(=O)CN)C(=O)O. The third-order valence-electron chi connectivity index (χ3n) is 4.39. The van der Waals surface area contributed by atoms with Gasteiger partial charge in [-0.15, -0.1) is 0 Å². The van der Waals surface area contributed by atoms with Crippen LogP contribution in [0.3, 0.4) is 0 Å². The molecule has 3 unspecified atom stereocenters. The molecule has 3 amide bonds. The maximum Gasteiger partial charge on any atom is 0.326 e. The summed E-state index contributed by atoms with van der Waals surface area (Å²) in [4.78, 5) is 59.3.